The van der Waals surface area contributed by atoms with E-state index in [0.29, 0.717) is 28.6 Å². The highest BCUT2D eigenvalue weighted by Crippen LogP contribution is 2.37. The predicted octanol–water partition coefficient (Wildman–Crippen LogP) is 6.14. The lowest BCUT2D eigenvalue weighted by Crippen LogP contribution is -2.32. The van der Waals surface area contributed by atoms with Gasteiger partial charge in [-0.2, -0.15) is 0 Å². The second kappa shape index (κ2) is 9.18. The molecule has 0 fully saturated rings. The molecule has 0 aromatic heterocycles. The number of carbonyl (C=O) groups is 2. The van der Waals surface area contributed by atoms with Gasteiger partial charge in [-0.05, 0) is 73.2 Å². The lowest BCUT2D eigenvalue weighted by Gasteiger charge is -2.17. The first-order valence-electron chi connectivity index (χ1n) is 11.4. The van der Waals surface area contributed by atoms with Gasteiger partial charge in [-0.3, -0.25) is 9.59 Å². The third kappa shape index (κ3) is 4.21. The molecule has 34 heavy (non-hydrogen) atoms. The van der Waals surface area contributed by atoms with Crippen molar-refractivity contribution >= 4 is 28.8 Å². The maximum absolute atomic E-state index is 13.8. The quantitative estimate of drug-likeness (QED) is 0.455. The Bertz CT molecular complexity index is 1300. The van der Waals surface area contributed by atoms with Gasteiger partial charge in [0.1, 0.15) is 11.4 Å². The number of carbonyl (C=O) groups excluding carboxylic acids is 2. The number of hydrogen-bond acceptors (Lipinski definition) is 4. The number of amides is 2. The zero-order chi connectivity index (χ0) is 24.6. The monoisotopic (exact) mass is 454 g/mol. The Balaban J connectivity index is 1.85. The molecule has 3 aromatic carbocycles. The number of hydrogen-bond donors (Lipinski definition) is 1. The molecule has 2 amide bonds. The Morgan fingerprint density at radius 3 is 2.09 bits per heavy atom. The highest BCUT2D eigenvalue weighted by molar-refractivity contribution is 6.46. The Labute approximate surface area is 201 Å². The van der Waals surface area contributed by atoms with E-state index < -0.39 is 0 Å². The topological polar surface area (TPSA) is 58.6 Å². The number of ether oxygens (including phenoxy) is 1. The van der Waals surface area contributed by atoms with Gasteiger partial charge in [-0.15, -0.1) is 0 Å². The summed E-state index contributed by atoms with van der Waals surface area (Å²) in [7, 11) is 1.58. The lowest BCUT2D eigenvalue weighted by molar-refractivity contribution is -0.120. The smallest absolute Gasteiger partial charge is 0.282 e. The van der Waals surface area contributed by atoms with Crippen LogP contribution in [0.15, 0.2) is 66.4 Å². The molecular weight excluding hydrogens is 424 g/mol. The van der Waals surface area contributed by atoms with Gasteiger partial charge in [-0.25, -0.2) is 4.90 Å². The Kier molecular flexibility index (Phi) is 6.29. The van der Waals surface area contributed by atoms with Crippen molar-refractivity contribution in [2.24, 2.45) is 0 Å². The number of aryl methyl sites for hydroxylation is 3. The van der Waals surface area contributed by atoms with Crippen LogP contribution in [0.25, 0.3) is 5.57 Å². The first-order valence-corrected chi connectivity index (χ1v) is 11.4. The third-order valence-corrected chi connectivity index (χ3v) is 6.17. The van der Waals surface area contributed by atoms with Gasteiger partial charge >= 0.3 is 0 Å². The number of nitrogens with zero attached hydrogens (tertiary/aromatic N) is 1. The molecule has 4 rings (SSSR count). The summed E-state index contributed by atoms with van der Waals surface area (Å²) >= 11 is 0. The van der Waals surface area contributed by atoms with Gasteiger partial charge in [-0.1, -0.05) is 55.8 Å². The Hall–Kier alpha value is -3.86. The van der Waals surface area contributed by atoms with E-state index in [9.17, 15) is 9.59 Å². The summed E-state index contributed by atoms with van der Waals surface area (Å²) in [5, 5.41) is 3.24. The Morgan fingerprint density at radius 2 is 1.47 bits per heavy atom. The van der Waals surface area contributed by atoms with Crippen LogP contribution in [-0.2, 0) is 9.59 Å². The van der Waals surface area contributed by atoms with E-state index in [2.05, 4.69) is 19.2 Å². The summed E-state index contributed by atoms with van der Waals surface area (Å²) in [4.78, 5) is 28.8. The number of nitrogens with one attached hydrogen (secondary N) is 1. The number of methoxy groups -OCH3 is 1. The Morgan fingerprint density at radius 1 is 0.824 bits per heavy atom. The minimum Gasteiger partial charge on any atom is -0.495 e. The van der Waals surface area contributed by atoms with Crippen molar-refractivity contribution in [1.29, 1.82) is 0 Å². The van der Waals surface area contributed by atoms with Crippen LogP contribution in [0.1, 0.15) is 47.6 Å². The minimum atomic E-state index is -0.388. The summed E-state index contributed by atoms with van der Waals surface area (Å²) < 4.78 is 5.51. The molecule has 3 aromatic rings. The van der Waals surface area contributed by atoms with Gasteiger partial charge < -0.3 is 10.1 Å². The molecule has 0 radical (unpaired) electrons. The predicted molar refractivity (Wildman–Crippen MR) is 137 cm³/mol. The fourth-order valence-electron chi connectivity index (χ4n) is 4.29. The van der Waals surface area contributed by atoms with E-state index >= 15 is 0 Å². The van der Waals surface area contributed by atoms with Crippen LogP contribution < -0.4 is 15.0 Å². The fraction of sp³-hybridized carbons (Fsp3) is 0.241. The molecule has 0 unspecified atom stereocenters. The molecule has 0 saturated carbocycles. The van der Waals surface area contributed by atoms with Gasteiger partial charge in [0.2, 0.25) is 0 Å². The molecular formula is C29H30N2O3. The molecule has 5 nitrogen and oxygen atoms in total. The molecule has 1 heterocycles. The van der Waals surface area contributed by atoms with Crippen LogP contribution in [0.5, 0.6) is 5.75 Å². The standard InChI is InChI=1S/C29H30N2O3/c1-17(2)21-9-11-22(12-10-21)31-28(32)26(23-13-7-18(3)15-20(23)5)27(29(31)33)30-24-16-19(4)8-14-25(24)34-6/h7-17,30H,1-6H3. The van der Waals surface area contributed by atoms with Crippen LogP contribution >= 0.6 is 0 Å². The van der Waals surface area contributed by atoms with E-state index in [-0.39, 0.29) is 17.5 Å². The van der Waals surface area contributed by atoms with E-state index in [4.69, 9.17) is 4.74 Å². The van der Waals surface area contributed by atoms with Crippen molar-refractivity contribution in [3.8, 4) is 5.75 Å². The first-order chi connectivity index (χ1) is 16.2. The lowest BCUT2D eigenvalue weighted by atomic mass is 9.97. The molecule has 5 heteroatoms. The molecule has 1 aliphatic rings. The van der Waals surface area contributed by atoms with Crippen molar-refractivity contribution in [3.63, 3.8) is 0 Å². The number of rotatable bonds is 6. The van der Waals surface area contributed by atoms with E-state index in [1.165, 1.54) is 4.90 Å². The van der Waals surface area contributed by atoms with Crippen molar-refractivity contribution in [1.82, 2.24) is 0 Å². The fourth-order valence-corrected chi connectivity index (χ4v) is 4.29. The molecule has 1 N–H and O–H groups in total. The summed E-state index contributed by atoms with van der Waals surface area (Å²) in [6.07, 6.45) is 0. The second-order valence-electron chi connectivity index (χ2n) is 9.09. The average Bonchev–Trinajstić information content (AvgIpc) is 3.03. The normalized spacial score (nSPS) is 13.8. The molecule has 174 valence electrons. The van der Waals surface area contributed by atoms with E-state index in [1.54, 1.807) is 7.11 Å². The molecule has 0 aliphatic carbocycles. The molecule has 0 saturated heterocycles. The summed E-state index contributed by atoms with van der Waals surface area (Å²) in [6.45, 7) is 10.1. The van der Waals surface area contributed by atoms with Gasteiger partial charge in [0.05, 0.1) is 24.1 Å². The average molecular weight is 455 g/mol. The third-order valence-electron chi connectivity index (χ3n) is 6.17. The van der Waals surface area contributed by atoms with Gasteiger partial charge in [0, 0.05) is 0 Å². The van der Waals surface area contributed by atoms with Gasteiger partial charge in [0.15, 0.2) is 0 Å². The molecule has 1 aliphatic heterocycles. The molecule has 0 bridgehead atoms. The molecule has 0 atom stereocenters. The molecule has 0 spiro atoms. The van der Waals surface area contributed by atoms with Crippen molar-refractivity contribution in [3.05, 3.63) is 94.2 Å². The number of benzene rings is 3. The SMILES string of the molecule is COc1ccc(C)cc1NC1=C(c2ccc(C)cc2C)C(=O)N(c2ccc(C(C)C)cc2)C1=O. The van der Waals surface area contributed by atoms with Crippen LogP contribution in [0.3, 0.4) is 0 Å². The maximum atomic E-state index is 13.8. The van der Waals surface area contributed by atoms with Gasteiger partial charge in [0.25, 0.3) is 11.8 Å². The first kappa shape index (κ1) is 23.3. The highest BCUT2D eigenvalue weighted by atomic mass is 16.5. The van der Waals surface area contributed by atoms with E-state index in [1.807, 2.05) is 81.4 Å². The van der Waals surface area contributed by atoms with Crippen LogP contribution in [0, 0.1) is 20.8 Å². The maximum Gasteiger partial charge on any atom is 0.282 e. The van der Waals surface area contributed by atoms with Crippen molar-refractivity contribution < 1.29 is 14.3 Å². The van der Waals surface area contributed by atoms with Crippen LogP contribution in [0.2, 0.25) is 0 Å². The largest absolute Gasteiger partial charge is 0.495 e. The zero-order valence-electron chi connectivity index (χ0n) is 20.5. The van der Waals surface area contributed by atoms with Crippen LogP contribution in [0.4, 0.5) is 11.4 Å². The highest BCUT2D eigenvalue weighted by Gasteiger charge is 2.41. The van der Waals surface area contributed by atoms with E-state index in [0.717, 1.165) is 27.8 Å². The zero-order valence-corrected chi connectivity index (χ0v) is 20.5. The number of imide groups is 1. The summed E-state index contributed by atoms with van der Waals surface area (Å²) in [5.41, 5.74) is 6.71. The summed E-state index contributed by atoms with van der Waals surface area (Å²) in [5.74, 6) is 0.219. The number of anilines is 2. The van der Waals surface area contributed by atoms with Crippen molar-refractivity contribution in [2.75, 3.05) is 17.3 Å². The van der Waals surface area contributed by atoms with Crippen LogP contribution in [-0.4, -0.2) is 18.9 Å². The van der Waals surface area contributed by atoms with Crippen molar-refractivity contribution in [2.45, 2.75) is 40.5 Å². The minimum absolute atomic E-state index is 0.244. The summed E-state index contributed by atoms with van der Waals surface area (Å²) in [6, 6.07) is 19.2. The second-order valence-corrected chi connectivity index (χ2v) is 9.09.